The lowest BCUT2D eigenvalue weighted by Crippen LogP contribution is -2.25. The van der Waals surface area contributed by atoms with Crippen molar-refractivity contribution in [3.63, 3.8) is 0 Å². The van der Waals surface area contributed by atoms with Crippen molar-refractivity contribution >= 4 is 17.7 Å². The fourth-order valence-corrected chi connectivity index (χ4v) is 4.50. The largest absolute Gasteiger partial charge is 0.495 e. The van der Waals surface area contributed by atoms with Gasteiger partial charge in [0.05, 0.1) is 12.0 Å². The van der Waals surface area contributed by atoms with Gasteiger partial charge in [-0.3, -0.25) is 5.43 Å². The topological polar surface area (TPSA) is 59.0 Å². The van der Waals surface area contributed by atoms with Crippen LogP contribution < -0.4 is 15.1 Å². The molecule has 0 spiro atoms. The Morgan fingerprint density at radius 1 is 1.11 bits per heavy atom. The first-order chi connectivity index (χ1) is 17.1. The molecule has 0 unspecified atom stereocenters. The van der Waals surface area contributed by atoms with Crippen molar-refractivity contribution in [1.29, 1.82) is 0 Å². The second-order valence-electron chi connectivity index (χ2n) is 9.32. The van der Waals surface area contributed by atoms with E-state index < -0.39 is 0 Å². The fourth-order valence-electron chi connectivity index (χ4n) is 4.50. The van der Waals surface area contributed by atoms with Crippen LogP contribution in [-0.4, -0.2) is 37.5 Å². The molecule has 35 heavy (non-hydrogen) atoms. The monoisotopic (exact) mass is 478 g/mol. The lowest BCUT2D eigenvalue weighted by atomic mass is 9.88. The summed E-state index contributed by atoms with van der Waals surface area (Å²) in [6.07, 6.45) is 10.2. The van der Waals surface area contributed by atoms with Crippen molar-refractivity contribution in [2.24, 2.45) is 11.0 Å². The first-order valence-electron chi connectivity index (χ1n) is 13.2. The summed E-state index contributed by atoms with van der Waals surface area (Å²) in [6.45, 7) is 13.5. The highest BCUT2D eigenvalue weighted by molar-refractivity contribution is 5.80. The first-order valence-corrected chi connectivity index (χ1v) is 13.2. The van der Waals surface area contributed by atoms with Crippen LogP contribution in [-0.2, 0) is 4.74 Å². The number of pyridine rings is 1. The molecule has 1 heterocycles. The molecule has 0 radical (unpaired) electrons. The minimum absolute atomic E-state index is 0.426. The van der Waals surface area contributed by atoms with Crippen LogP contribution in [0.3, 0.4) is 0 Å². The Hall–Kier alpha value is -3.02. The Morgan fingerprint density at radius 2 is 1.89 bits per heavy atom. The Labute approximate surface area is 211 Å². The number of aryl methyl sites for hydroxylation is 1. The van der Waals surface area contributed by atoms with Gasteiger partial charge in [-0.05, 0) is 38.2 Å². The predicted octanol–water partition coefficient (Wildman–Crippen LogP) is 6.95. The third kappa shape index (κ3) is 8.93. The zero-order chi connectivity index (χ0) is 24.9. The van der Waals surface area contributed by atoms with Gasteiger partial charge in [-0.15, -0.1) is 0 Å². The number of allylic oxidation sites excluding steroid dienone is 1. The summed E-state index contributed by atoms with van der Waals surface area (Å²) >= 11 is 0. The molecule has 0 aliphatic heterocycles. The standard InChI is InChI=1S/C29H42N4O2/c1-5-15-33(16-6-2)27-20-28(32-30-22-25-12-10-11-23(3)19-25)31-29(21-27)35-18-17-34-24(4)26-13-8-7-9-14-26/h10-12,19-22,26H,4-9,13-18H2,1-3H3,(H,31,32)/b30-22+. The number of anilines is 2. The normalized spacial score (nSPS) is 14.1. The van der Waals surface area contributed by atoms with Crippen LogP contribution in [0.2, 0.25) is 0 Å². The molecule has 1 N–H and O–H groups in total. The smallest absolute Gasteiger partial charge is 0.217 e. The number of benzene rings is 1. The molecule has 1 aromatic carbocycles. The highest BCUT2D eigenvalue weighted by Crippen LogP contribution is 2.29. The summed E-state index contributed by atoms with van der Waals surface area (Å²) in [4.78, 5) is 7.01. The summed E-state index contributed by atoms with van der Waals surface area (Å²) in [5.74, 6) is 2.62. The van der Waals surface area contributed by atoms with Gasteiger partial charge >= 0.3 is 0 Å². The Bertz CT molecular complexity index is 947. The van der Waals surface area contributed by atoms with Crippen LogP contribution in [0, 0.1) is 12.8 Å². The zero-order valence-corrected chi connectivity index (χ0v) is 21.8. The third-order valence-electron chi connectivity index (χ3n) is 6.25. The third-order valence-corrected chi connectivity index (χ3v) is 6.25. The average Bonchev–Trinajstić information content (AvgIpc) is 2.87. The number of nitrogens with one attached hydrogen (secondary N) is 1. The first kappa shape index (κ1) is 26.6. The summed E-state index contributed by atoms with van der Waals surface area (Å²) in [5.41, 5.74) is 6.42. The van der Waals surface area contributed by atoms with Gasteiger partial charge in [-0.2, -0.15) is 10.1 Å². The lowest BCUT2D eigenvalue weighted by molar-refractivity contribution is 0.124. The van der Waals surface area contributed by atoms with Gasteiger partial charge in [-0.1, -0.05) is 69.5 Å². The Morgan fingerprint density at radius 3 is 2.60 bits per heavy atom. The van der Waals surface area contributed by atoms with E-state index in [0.717, 1.165) is 42.9 Å². The molecule has 0 bridgehead atoms. The van der Waals surface area contributed by atoms with Crippen molar-refractivity contribution in [2.45, 2.75) is 65.7 Å². The van der Waals surface area contributed by atoms with Gasteiger partial charge in [0.2, 0.25) is 5.88 Å². The number of ether oxygens (including phenoxy) is 2. The predicted molar refractivity (Wildman–Crippen MR) is 147 cm³/mol. The minimum Gasteiger partial charge on any atom is -0.495 e. The maximum Gasteiger partial charge on any atom is 0.217 e. The molecule has 2 aromatic rings. The van der Waals surface area contributed by atoms with E-state index in [9.17, 15) is 0 Å². The van der Waals surface area contributed by atoms with E-state index in [1.807, 2.05) is 30.5 Å². The number of aromatic nitrogens is 1. The number of rotatable bonds is 14. The molecule has 1 aromatic heterocycles. The van der Waals surface area contributed by atoms with E-state index in [0.29, 0.717) is 30.8 Å². The van der Waals surface area contributed by atoms with Gasteiger partial charge in [0.1, 0.15) is 13.2 Å². The van der Waals surface area contributed by atoms with Crippen LogP contribution in [0.25, 0.3) is 0 Å². The highest BCUT2D eigenvalue weighted by atomic mass is 16.5. The van der Waals surface area contributed by atoms with Gasteiger partial charge in [0, 0.05) is 36.8 Å². The molecule has 0 amide bonds. The molecular weight excluding hydrogens is 436 g/mol. The molecular formula is C29H42N4O2. The number of hydrogen-bond acceptors (Lipinski definition) is 6. The van der Waals surface area contributed by atoms with Crippen molar-refractivity contribution in [2.75, 3.05) is 36.6 Å². The van der Waals surface area contributed by atoms with Gasteiger partial charge < -0.3 is 14.4 Å². The number of hydrazone groups is 1. The van der Waals surface area contributed by atoms with Crippen molar-refractivity contribution in [3.05, 3.63) is 59.9 Å². The van der Waals surface area contributed by atoms with E-state index in [4.69, 9.17) is 9.47 Å². The van der Waals surface area contributed by atoms with Crippen LogP contribution in [0.4, 0.5) is 11.5 Å². The molecule has 190 valence electrons. The van der Waals surface area contributed by atoms with Gasteiger partial charge in [-0.25, -0.2) is 0 Å². The quantitative estimate of drug-likeness (QED) is 0.138. The van der Waals surface area contributed by atoms with E-state index in [2.05, 4.69) is 59.9 Å². The molecule has 1 fully saturated rings. The molecule has 3 rings (SSSR count). The maximum atomic E-state index is 6.02. The molecule has 1 aliphatic carbocycles. The van der Waals surface area contributed by atoms with Crippen molar-refractivity contribution in [1.82, 2.24) is 4.98 Å². The molecule has 0 atom stereocenters. The van der Waals surface area contributed by atoms with Crippen LogP contribution >= 0.6 is 0 Å². The summed E-state index contributed by atoms with van der Waals surface area (Å²) in [5, 5.41) is 4.41. The molecule has 1 saturated carbocycles. The van der Waals surface area contributed by atoms with E-state index in [1.54, 1.807) is 0 Å². The molecule has 6 nitrogen and oxygen atoms in total. The van der Waals surface area contributed by atoms with Crippen molar-refractivity contribution < 1.29 is 9.47 Å². The number of nitrogens with zero attached hydrogens (tertiary/aromatic N) is 3. The summed E-state index contributed by atoms with van der Waals surface area (Å²) in [7, 11) is 0. The van der Waals surface area contributed by atoms with Crippen LogP contribution in [0.15, 0.2) is 53.8 Å². The van der Waals surface area contributed by atoms with E-state index >= 15 is 0 Å². The van der Waals surface area contributed by atoms with Crippen LogP contribution in [0.1, 0.15) is 69.9 Å². The van der Waals surface area contributed by atoms with E-state index in [1.165, 1.54) is 37.7 Å². The van der Waals surface area contributed by atoms with Gasteiger partial charge in [0.15, 0.2) is 5.82 Å². The van der Waals surface area contributed by atoms with E-state index in [-0.39, 0.29) is 0 Å². The highest BCUT2D eigenvalue weighted by Gasteiger charge is 2.17. The second-order valence-corrected chi connectivity index (χ2v) is 9.32. The Balaban J connectivity index is 1.65. The zero-order valence-electron chi connectivity index (χ0n) is 21.8. The second kappa shape index (κ2) is 14.4. The van der Waals surface area contributed by atoms with Crippen LogP contribution in [0.5, 0.6) is 5.88 Å². The minimum atomic E-state index is 0.426. The molecule has 1 aliphatic rings. The Kier molecular flexibility index (Phi) is 10.9. The molecule has 0 saturated heterocycles. The molecule has 6 heteroatoms. The average molecular weight is 479 g/mol. The SMILES string of the molecule is C=C(OCCOc1cc(N(CCC)CCC)cc(N/N=C/c2cccc(C)c2)n1)C1CCCCC1. The lowest BCUT2D eigenvalue weighted by Gasteiger charge is -2.25. The number of hydrogen-bond donors (Lipinski definition) is 1. The summed E-state index contributed by atoms with van der Waals surface area (Å²) < 4.78 is 11.9. The maximum absolute atomic E-state index is 6.02. The summed E-state index contributed by atoms with van der Waals surface area (Å²) in [6, 6.07) is 12.3. The fraction of sp³-hybridized carbons (Fsp3) is 0.517. The van der Waals surface area contributed by atoms with Crippen molar-refractivity contribution in [3.8, 4) is 5.88 Å². The van der Waals surface area contributed by atoms with Gasteiger partial charge in [0.25, 0.3) is 0 Å².